The van der Waals surface area contributed by atoms with Crippen LogP contribution in [0, 0.1) is 5.95 Å². The predicted octanol–water partition coefficient (Wildman–Crippen LogP) is 1.86. The van der Waals surface area contributed by atoms with Gasteiger partial charge in [-0.2, -0.15) is 4.39 Å². The zero-order chi connectivity index (χ0) is 10.0. The van der Waals surface area contributed by atoms with Crippen molar-refractivity contribution in [1.82, 2.24) is 4.98 Å². The molecule has 0 aromatic carbocycles. The van der Waals surface area contributed by atoms with Crippen molar-refractivity contribution >= 4 is 5.97 Å². The molecular formula is C7H4F3NO2. The number of alkyl halides is 2. The van der Waals surface area contributed by atoms with E-state index in [0.29, 0.717) is 12.3 Å². The Morgan fingerprint density at radius 3 is 2.62 bits per heavy atom. The van der Waals surface area contributed by atoms with Crippen LogP contribution < -0.4 is 0 Å². The number of nitrogens with zero attached hydrogens (tertiary/aromatic N) is 1. The largest absolute Gasteiger partial charge is 0.478 e. The first-order valence-electron chi connectivity index (χ1n) is 3.19. The molecule has 0 aliphatic rings. The van der Waals surface area contributed by atoms with E-state index in [2.05, 4.69) is 4.98 Å². The van der Waals surface area contributed by atoms with Gasteiger partial charge in [0.1, 0.15) is 0 Å². The maximum Gasteiger partial charge on any atom is 0.337 e. The van der Waals surface area contributed by atoms with Crippen LogP contribution in [0.25, 0.3) is 0 Å². The first-order valence-corrected chi connectivity index (χ1v) is 3.19. The molecule has 6 heteroatoms. The minimum Gasteiger partial charge on any atom is -0.478 e. The SMILES string of the molecule is O=C(O)c1cnc(F)cc1C(F)F. The van der Waals surface area contributed by atoms with Gasteiger partial charge < -0.3 is 5.11 Å². The molecule has 0 radical (unpaired) electrons. The molecule has 3 nitrogen and oxygen atoms in total. The quantitative estimate of drug-likeness (QED) is 0.725. The van der Waals surface area contributed by atoms with Crippen LogP contribution in [0.3, 0.4) is 0 Å². The molecule has 0 atom stereocenters. The maximum absolute atomic E-state index is 12.3. The molecule has 1 aromatic heterocycles. The van der Waals surface area contributed by atoms with Gasteiger partial charge in [0.2, 0.25) is 5.95 Å². The molecule has 0 amide bonds. The number of rotatable bonds is 2. The van der Waals surface area contributed by atoms with Gasteiger partial charge in [0.25, 0.3) is 6.43 Å². The Bertz CT molecular complexity index is 341. The van der Waals surface area contributed by atoms with Crippen LogP contribution >= 0.6 is 0 Å². The average Bonchev–Trinajstić information content (AvgIpc) is 2.03. The molecule has 0 saturated carbocycles. The average molecular weight is 191 g/mol. The van der Waals surface area contributed by atoms with Crippen molar-refractivity contribution in [2.75, 3.05) is 0 Å². The van der Waals surface area contributed by atoms with E-state index in [-0.39, 0.29) is 0 Å². The number of pyridine rings is 1. The lowest BCUT2D eigenvalue weighted by atomic mass is 10.1. The van der Waals surface area contributed by atoms with Crippen LogP contribution in [0.5, 0.6) is 0 Å². The molecule has 0 aliphatic heterocycles. The van der Waals surface area contributed by atoms with Crippen LogP contribution in [0.2, 0.25) is 0 Å². The Hall–Kier alpha value is -1.59. The van der Waals surface area contributed by atoms with Crippen molar-refractivity contribution in [2.45, 2.75) is 6.43 Å². The summed E-state index contributed by atoms with van der Waals surface area (Å²) in [6.07, 6.45) is -2.46. The summed E-state index contributed by atoms with van der Waals surface area (Å²) in [5.74, 6) is -2.68. The fourth-order valence-electron chi connectivity index (χ4n) is 0.803. The lowest BCUT2D eigenvalue weighted by molar-refractivity contribution is 0.0683. The molecule has 13 heavy (non-hydrogen) atoms. The highest BCUT2D eigenvalue weighted by atomic mass is 19.3. The number of aromatic carboxylic acids is 1. The lowest BCUT2D eigenvalue weighted by Crippen LogP contribution is -2.04. The Morgan fingerprint density at radius 1 is 1.54 bits per heavy atom. The molecule has 0 saturated heterocycles. The first kappa shape index (κ1) is 9.50. The molecule has 0 spiro atoms. The van der Waals surface area contributed by atoms with Crippen molar-refractivity contribution in [1.29, 1.82) is 0 Å². The standard InChI is InChI=1S/C7H4F3NO2/c8-5-1-3(6(9)10)4(2-11-5)7(12)13/h1-2,6H,(H,12,13). The second-order valence-electron chi connectivity index (χ2n) is 2.20. The number of hydrogen-bond donors (Lipinski definition) is 1. The van der Waals surface area contributed by atoms with Crippen molar-refractivity contribution in [3.63, 3.8) is 0 Å². The number of carboxylic acids is 1. The summed E-state index contributed by atoms with van der Waals surface area (Å²) >= 11 is 0. The fraction of sp³-hybridized carbons (Fsp3) is 0.143. The van der Waals surface area contributed by atoms with Crippen molar-refractivity contribution in [3.05, 3.63) is 29.3 Å². The smallest absolute Gasteiger partial charge is 0.337 e. The molecule has 0 aliphatic carbocycles. The van der Waals surface area contributed by atoms with Gasteiger partial charge in [0.05, 0.1) is 5.56 Å². The second-order valence-corrected chi connectivity index (χ2v) is 2.20. The molecular weight excluding hydrogens is 187 g/mol. The summed E-state index contributed by atoms with van der Waals surface area (Å²) in [6, 6.07) is 0.411. The third-order valence-corrected chi connectivity index (χ3v) is 1.37. The van der Waals surface area contributed by atoms with E-state index in [0.717, 1.165) is 0 Å². The Labute approximate surface area is 70.8 Å². The van der Waals surface area contributed by atoms with E-state index in [1.54, 1.807) is 0 Å². The summed E-state index contributed by atoms with van der Waals surface area (Å²) in [5.41, 5.74) is -1.54. The molecule has 1 aromatic rings. The van der Waals surface area contributed by atoms with Gasteiger partial charge in [-0.3, -0.25) is 0 Å². The fourth-order valence-corrected chi connectivity index (χ4v) is 0.803. The van der Waals surface area contributed by atoms with Crippen molar-refractivity contribution < 1.29 is 23.1 Å². The first-order chi connectivity index (χ1) is 6.02. The maximum atomic E-state index is 12.3. The molecule has 70 valence electrons. The van der Waals surface area contributed by atoms with Gasteiger partial charge in [-0.15, -0.1) is 0 Å². The minimum absolute atomic E-state index is 0.411. The van der Waals surface area contributed by atoms with Crippen LogP contribution in [-0.2, 0) is 0 Å². The summed E-state index contributed by atoms with van der Waals surface area (Å²) in [4.78, 5) is 13.3. The topological polar surface area (TPSA) is 50.2 Å². The van der Waals surface area contributed by atoms with Crippen LogP contribution in [0.4, 0.5) is 13.2 Å². The second kappa shape index (κ2) is 3.42. The van der Waals surface area contributed by atoms with Gasteiger partial charge in [0.15, 0.2) is 0 Å². The van der Waals surface area contributed by atoms with E-state index < -0.39 is 29.5 Å². The van der Waals surface area contributed by atoms with E-state index in [4.69, 9.17) is 5.11 Å². The Kier molecular flexibility index (Phi) is 2.50. The van der Waals surface area contributed by atoms with Gasteiger partial charge in [-0.05, 0) is 0 Å². The van der Waals surface area contributed by atoms with Crippen LogP contribution in [-0.4, -0.2) is 16.1 Å². The highest BCUT2D eigenvalue weighted by molar-refractivity contribution is 5.89. The van der Waals surface area contributed by atoms with Crippen molar-refractivity contribution in [3.8, 4) is 0 Å². The molecule has 1 N–H and O–H groups in total. The summed E-state index contributed by atoms with van der Waals surface area (Å²) < 4.78 is 36.6. The summed E-state index contributed by atoms with van der Waals surface area (Å²) in [5, 5.41) is 8.41. The van der Waals surface area contributed by atoms with Crippen molar-refractivity contribution in [2.24, 2.45) is 0 Å². The zero-order valence-corrected chi connectivity index (χ0v) is 6.17. The number of halogens is 3. The molecule has 0 bridgehead atoms. The highest BCUT2D eigenvalue weighted by Gasteiger charge is 2.18. The zero-order valence-electron chi connectivity index (χ0n) is 6.17. The van der Waals surface area contributed by atoms with Gasteiger partial charge in [0, 0.05) is 17.8 Å². The molecule has 0 unspecified atom stereocenters. The van der Waals surface area contributed by atoms with E-state index in [1.165, 1.54) is 0 Å². The van der Waals surface area contributed by atoms with E-state index in [1.807, 2.05) is 0 Å². The van der Waals surface area contributed by atoms with Gasteiger partial charge in [-0.25, -0.2) is 18.6 Å². The van der Waals surface area contributed by atoms with Gasteiger partial charge in [-0.1, -0.05) is 0 Å². The summed E-state index contributed by atoms with van der Waals surface area (Å²) in [6.45, 7) is 0. The van der Waals surface area contributed by atoms with E-state index in [9.17, 15) is 18.0 Å². The number of carboxylic acid groups (broad SMARTS) is 1. The predicted molar refractivity (Wildman–Crippen MR) is 36.1 cm³/mol. The van der Waals surface area contributed by atoms with E-state index >= 15 is 0 Å². The molecule has 0 fully saturated rings. The minimum atomic E-state index is -3.02. The van der Waals surface area contributed by atoms with Crippen LogP contribution in [0.15, 0.2) is 12.3 Å². The Morgan fingerprint density at radius 2 is 2.15 bits per heavy atom. The monoisotopic (exact) mass is 191 g/mol. The number of carbonyl (C=O) groups is 1. The molecule has 1 heterocycles. The number of aromatic nitrogens is 1. The highest BCUT2D eigenvalue weighted by Crippen LogP contribution is 2.22. The third kappa shape index (κ3) is 1.95. The normalized spacial score (nSPS) is 10.5. The van der Waals surface area contributed by atoms with Crippen LogP contribution in [0.1, 0.15) is 22.3 Å². The lowest BCUT2D eigenvalue weighted by Gasteiger charge is -2.03. The molecule has 1 rings (SSSR count). The third-order valence-electron chi connectivity index (χ3n) is 1.37. The summed E-state index contributed by atoms with van der Waals surface area (Å²) in [7, 11) is 0. The van der Waals surface area contributed by atoms with Gasteiger partial charge >= 0.3 is 5.97 Å². The number of hydrogen-bond acceptors (Lipinski definition) is 2. The Balaban J connectivity index is 3.26.